The van der Waals surface area contributed by atoms with Gasteiger partial charge in [0.1, 0.15) is 12.7 Å². The SMILES string of the molecule is CCC/C=C\C/C=C\CCCCCCCC(=O)OCC(COP(=O)(O)OCC(CO)OC(=O)CCCCCCCCCCCCCCCCCCCCC)OC(=O)CCCCCCCC/C=C\C/C=C\C/C=C\CCCCC. The van der Waals surface area contributed by atoms with E-state index in [1.165, 1.54) is 128 Å². The third-order valence-electron chi connectivity index (χ3n) is 13.9. The van der Waals surface area contributed by atoms with E-state index in [0.717, 1.165) is 116 Å². The molecule has 0 aromatic heterocycles. The summed E-state index contributed by atoms with van der Waals surface area (Å²) in [7, 11) is -4.76. The van der Waals surface area contributed by atoms with Crippen molar-refractivity contribution in [2.45, 2.75) is 315 Å². The second-order valence-corrected chi connectivity index (χ2v) is 23.0. The Kier molecular flexibility index (Phi) is 58.1. The van der Waals surface area contributed by atoms with E-state index in [9.17, 15) is 28.9 Å². The molecule has 3 unspecified atom stereocenters. The number of hydrogen-bond acceptors (Lipinski definition) is 10. The lowest BCUT2D eigenvalue weighted by Crippen LogP contribution is -2.30. The average Bonchev–Trinajstić information content (AvgIpc) is 3.43. The van der Waals surface area contributed by atoms with Gasteiger partial charge < -0.3 is 24.2 Å². The molecular weight excluding hydrogens is 1000 g/mol. The van der Waals surface area contributed by atoms with Gasteiger partial charge in [-0.25, -0.2) is 4.57 Å². The minimum atomic E-state index is -4.76. The molecule has 0 amide bonds. The molecule has 0 radical (unpaired) electrons. The van der Waals surface area contributed by atoms with Gasteiger partial charge in [-0.05, 0) is 83.5 Å². The number of aliphatic hydroxyl groups is 1. The number of carbonyl (C=O) groups excluding carboxylic acids is 3. The molecule has 3 atom stereocenters. The summed E-state index contributed by atoms with van der Waals surface area (Å²) in [5.74, 6) is -1.48. The molecule has 0 aromatic rings. The summed E-state index contributed by atoms with van der Waals surface area (Å²) < 4.78 is 39.7. The third-order valence-corrected chi connectivity index (χ3v) is 14.8. The molecular formula is C66H119O11P. The summed E-state index contributed by atoms with van der Waals surface area (Å²) in [4.78, 5) is 48.7. The molecule has 78 heavy (non-hydrogen) atoms. The molecule has 2 N–H and O–H groups in total. The van der Waals surface area contributed by atoms with E-state index in [2.05, 4.69) is 81.5 Å². The number of allylic oxidation sites excluding steroid dienone is 10. The van der Waals surface area contributed by atoms with Crippen molar-refractivity contribution < 1.29 is 52.2 Å². The maximum Gasteiger partial charge on any atom is 0.472 e. The summed E-state index contributed by atoms with van der Waals surface area (Å²) in [6.45, 7) is 4.58. The minimum Gasteiger partial charge on any atom is -0.462 e. The van der Waals surface area contributed by atoms with Gasteiger partial charge in [-0.15, -0.1) is 0 Å². The van der Waals surface area contributed by atoms with E-state index in [0.29, 0.717) is 19.3 Å². The number of rotatable bonds is 60. The lowest BCUT2D eigenvalue weighted by molar-refractivity contribution is -0.161. The Bertz CT molecular complexity index is 1540. The lowest BCUT2D eigenvalue weighted by atomic mass is 10.0. The Morgan fingerprint density at radius 2 is 0.654 bits per heavy atom. The first-order valence-corrected chi connectivity index (χ1v) is 33.7. The van der Waals surface area contributed by atoms with Gasteiger partial charge in [-0.1, -0.05) is 261 Å². The fraction of sp³-hybridized carbons (Fsp3) is 0.803. The summed E-state index contributed by atoms with van der Waals surface area (Å²) in [6.07, 6.45) is 67.4. The van der Waals surface area contributed by atoms with Crippen molar-refractivity contribution in [3.05, 3.63) is 60.8 Å². The molecule has 0 aliphatic heterocycles. The highest BCUT2D eigenvalue weighted by molar-refractivity contribution is 7.47. The van der Waals surface area contributed by atoms with Gasteiger partial charge in [0, 0.05) is 19.3 Å². The van der Waals surface area contributed by atoms with Gasteiger partial charge in [0.25, 0.3) is 0 Å². The van der Waals surface area contributed by atoms with Crippen molar-refractivity contribution in [2.75, 3.05) is 26.4 Å². The number of phosphoric acid groups is 1. The van der Waals surface area contributed by atoms with Crippen LogP contribution in [0.15, 0.2) is 60.8 Å². The van der Waals surface area contributed by atoms with Crippen molar-refractivity contribution in [3.63, 3.8) is 0 Å². The number of aliphatic hydroxyl groups excluding tert-OH is 1. The maximum absolute atomic E-state index is 12.9. The van der Waals surface area contributed by atoms with Crippen LogP contribution in [0, 0.1) is 0 Å². The summed E-state index contributed by atoms with van der Waals surface area (Å²) in [5.41, 5.74) is 0. The predicted octanol–water partition coefficient (Wildman–Crippen LogP) is 19.5. The second kappa shape index (κ2) is 60.3. The van der Waals surface area contributed by atoms with E-state index in [4.69, 9.17) is 23.3 Å². The number of ether oxygens (including phenoxy) is 3. The quantitative estimate of drug-likeness (QED) is 0.0197. The largest absolute Gasteiger partial charge is 0.472 e. The maximum atomic E-state index is 12.9. The molecule has 0 bridgehead atoms. The van der Waals surface area contributed by atoms with Crippen LogP contribution in [0.4, 0.5) is 0 Å². The highest BCUT2D eigenvalue weighted by atomic mass is 31.2. The summed E-state index contributed by atoms with van der Waals surface area (Å²) in [6, 6.07) is 0. The first-order valence-electron chi connectivity index (χ1n) is 32.2. The molecule has 0 spiro atoms. The molecule has 11 nitrogen and oxygen atoms in total. The van der Waals surface area contributed by atoms with Crippen molar-refractivity contribution in [1.29, 1.82) is 0 Å². The molecule has 0 aliphatic carbocycles. The lowest BCUT2D eigenvalue weighted by Gasteiger charge is -2.21. The number of hydrogen-bond donors (Lipinski definition) is 2. The van der Waals surface area contributed by atoms with Crippen LogP contribution >= 0.6 is 7.82 Å². The van der Waals surface area contributed by atoms with E-state index >= 15 is 0 Å². The van der Waals surface area contributed by atoms with Gasteiger partial charge in [-0.3, -0.25) is 23.4 Å². The number of phosphoric ester groups is 1. The van der Waals surface area contributed by atoms with Crippen molar-refractivity contribution in [3.8, 4) is 0 Å². The molecule has 454 valence electrons. The Hall–Kier alpha value is -2.82. The summed E-state index contributed by atoms with van der Waals surface area (Å²) >= 11 is 0. The molecule has 0 rings (SSSR count). The predicted molar refractivity (Wildman–Crippen MR) is 325 cm³/mol. The normalized spacial score (nSPS) is 13.7. The van der Waals surface area contributed by atoms with E-state index in [-0.39, 0.29) is 25.9 Å². The van der Waals surface area contributed by atoms with Crippen molar-refractivity contribution in [2.24, 2.45) is 0 Å². The smallest absolute Gasteiger partial charge is 0.462 e. The Morgan fingerprint density at radius 1 is 0.359 bits per heavy atom. The third kappa shape index (κ3) is 57.9. The standard InChI is InChI=1S/C66H119O11P/c1-4-7-10-13-16-19-22-25-27-29-31-33-35-38-41-44-47-50-53-56-65(69)76-62(58-67)60-74-78(71,72)75-61-63(59-73-64(68)55-52-49-46-43-40-37-24-21-18-15-12-9-6-3)77-66(70)57-54-51-48-45-42-39-36-34-32-30-28-26-23-20-17-14-11-8-5-2/h12,15,17,20-21,24,26,28,32,34,62-63,67H,4-11,13-14,16,18-19,22-23,25,27,29-31,33,35-61H2,1-3H3,(H,71,72)/b15-12-,20-17-,24-21-,28-26-,34-32-. The highest BCUT2D eigenvalue weighted by Crippen LogP contribution is 2.43. The van der Waals surface area contributed by atoms with E-state index in [1.54, 1.807) is 0 Å². The van der Waals surface area contributed by atoms with Crippen LogP contribution in [-0.2, 0) is 42.2 Å². The number of unbranched alkanes of at least 4 members (excludes halogenated alkanes) is 33. The average molecular weight is 1120 g/mol. The van der Waals surface area contributed by atoms with Crippen LogP contribution in [0.25, 0.3) is 0 Å². The van der Waals surface area contributed by atoms with Gasteiger partial charge >= 0.3 is 25.7 Å². The van der Waals surface area contributed by atoms with Crippen LogP contribution in [-0.4, -0.2) is 66.5 Å². The first kappa shape index (κ1) is 75.2. The van der Waals surface area contributed by atoms with E-state index in [1.807, 2.05) is 0 Å². The first-order chi connectivity index (χ1) is 38.2. The van der Waals surface area contributed by atoms with Crippen molar-refractivity contribution in [1.82, 2.24) is 0 Å². The topological polar surface area (TPSA) is 155 Å². The minimum absolute atomic E-state index is 0.150. The Morgan fingerprint density at radius 3 is 1.04 bits per heavy atom. The van der Waals surface area contributed by atoms with Crippen LogP contribution in [0.5, 0.6) is 0 Å². The van der Waals surface area contributed by atoms with Crippen LogP contribution in [0.2, 0.25) is 0 Å². The van der Waals surface area contributed by atoms with Crippen LogP contribution in [0.3, 0.4) is 0 Å². The molecule has 0 heterocycles. The number of esters is 3. The number of carbonyl (C=O) groups is 3. The molecule has 0 aromatic carbocycles. The zero-order valence-corrected chi connectivity index (χ0v) is 51.3. The van der Waals surface area contributed by atoms with Crippen LogP contribution < -0.4 is 0 Å². The summed E-state index contributed by atoms with van der Waals surface area (Å²) in [5, 5.41) is 9.86. The van der Waals surface area contributed by atoms with Crippen LogP contribution in [0.1, 0.15) is 303 Å². The zero-order valence-electron chi connectivity index (χ0n) is 50.4. The van der Waals surface area contributed by atoms with Gasteiger partial charge in [0.15, 0.2) is 6.10 Å². The molecule has 12 heteroatoms. The van der Waals surface area contributed by atoms with Crippen molar-refractivity contribution >= 4 is 25.7 Å². The molecule has 0 aliphatic rings. The monoisotopic (exact) mass is 1120 g/mol. The van der Waals surface area contributed by atoms with Gasteiger partial charge in [-0.2, -0.15) is 0 Å². The van der Waals surface area contributed by atoms with Gasteiger partial charge in [0.2, 0.25) is 0 Å². The Balaban J connectivity index is 4.65. The molecule has 0 saturated carbocycles. The zero-order chi connectivity index (χ0) is 56.9. The molecule has 0 fully saturated rings. The Labute approximate surface area is 478 Å². The highest BCUT2D eigenvalue weighted by Gasteiger charge is 2.28. The fourth-order valence-electron chi connectivity index (χ4n) is 8.99. The van der Waals surface area contributed by atoms with Gasteiger partial charge in [0.05, 0.1) is 19.8 Å². The van der Waals surface area contributed by atoms with E-state index < -0.39 is 57.8 Å². The molecule has 0 saturated heterocycles. The fourth-order valence-corrected chi connectivity index (χ4v) is 9.78. The second-order valence-electron chi connectivity index (χ2n) is 21.6.